The first-order valence-electron chi connectivity index (χ1n) is 2.36. The van der Waals surface area contributed by atoms with E-state index in [1.165, 1.54) is 12.3 Å². The Morgan fingerprint density at radius 1 is 1.44 bits per heavy atom. The van der Waals surface area contributed by atoms with E-state index in [2.05, 4.69) is 4.98 Å². The summed E-state index contributed by atoms with van der Waals surface area (Å²) in [4.78, 5) is 3.71. The van der Waals surface area contributed by atoms with Crippen LogP contribution in [-0.4, -0.2) is 4.98 Å². The molecule has 0 aliphatic carbocycles. The number of nitrogens with zero attached hydrogens (tertiary/aromatic N) is 1. The van der Waals surface area contributed by atoms with Gasteiger partial charge in [-0.25, -0.2) is 4.98 Å². The van der Waals surface area contributed by atoms with Crippen molar-refractivity contribution in [2.45, 2.75) is 0 Å². The topological polar surface area (TPSA) is 64.9 Å². The van der Waals surface area contributed by atoms with E-state index in [1.807, 2.05) is 0 Å². The van der Waals surface area contributed by atoms with Crippen molar-refractivity contribution < 1.29 is 0 Å². The smallest absolute Gasteiger partial charge is 0.125 e. The molecule has 1 heterocycles. The van der Waals surface area contributed by atoms with E-state index in [0.717, 1.165) is 0 Å². The standard InChI is InChI=1S/C5H6ClN3/c6-3-2-9-5(8)1-4(3)7/h1-2H,(H4,7,8,9). The Kier molecular flexibility index (Phi) is 1.44. The summed E-state index contributed by atoms with van der Waals surface area (Å²) in [5, 5.41) is 0.434. The number of aromatic nitrogens is 1. The molecule has 9 heavy (non-hydrogen) atoms. The van der Waals surface area contributed by atoms with E-state index < -0.39 is 0 Å². The maximum atomic E-state index is 5.54. The number of nitrogens with two attached hydrogens (primary N) is 2. The fourth-order valence-electron chi connectivity index (χ4n) is 0.471. The van der Waals surface area contributed by atoms with Gasteiger partial charge < -0.3 is 11.5 Å². The number of pyridine rings is 1. The lowest BCUT2D eigenvalue weighted by Gasteiger charge is -1.95. The molecule has 0 amide bonds. The third-order valence-electron chi connectivity index (χ3n) is 0.906. The summed E-state index contributed by atoms with van der Waals surface area (Å²) in [7, 11) is 0. The first kappa shape index (κ1) is 6.16. The van der Waals surface area contributed by atoms with Gasteiger partial charge in [0.1, 0.15) is 5.82 Å². The summed E-state index contributed by atoms with van der Waals surface area (Å²) in [5.74, 6) is 0.386. The number of nitrogen functional groups attached to an aromatic ring is 2. The van der Waals surface area contributed by atoms with Gasteiger partial charge in [0, 0.05) is 12.3 Å². The second-order valence-electron chi connectivity index (χ2n) is 1.63. The maximum Gasteiger partial charge on any atom is 0.125 e. The highest BCUT2D eigenvalue weighted by Crippen LogP contribution is 2.17. The van der Waals surface area contributed by atoms with Crippen molar-refractivity contribution in [1.82, 2.24) is 4.98 Å². The molecule has 48 valence electrons. The SMILES string of the molecule is Nc1cc(N)c(Cl)cn1. The number of halogens is 1. The van der Waals surface area contributed by atoms with Gasteiger partial charge in [0.15, 0.2) is 0 Å². The van der Waals surface area contributed by atoms with Crippen molar-refractivity contribution in [2.24, 2.45) is 0 Å². The Bertz CT molecular complexity index is 223. The molecule has 0 unspecified atom stereocenters. The van der Waals surface area contributed by atoms with Crippen molar-refractivity contribution >= 4 is 23.1 Å². The van der Waals surface area contributed by atoms with Crippen LogP contribution in [0.5, 0.6) is 0 Å². The molecule has 0 radical (unpaired) electrons. The van der Waals surface area contributed by atoms with Crippen LogP contribution in [0.1, 0.15) is 0 Å². The molecule has 1 rings (SSSR count). The highest BCUT2D eigenvalue weighted by atomic mass is 35.5. The number of hydrogen-bond donors (Lipinski definition) is 2. The Morgan fingerprint density at radius 2 is 2.11 bits per heavy atom. The Morgan fingerprint density at radius 3 is 2.56 bits per heavy atom. The van der Waals surface area contributed by atoms with E-state index in [9.17, 15) is 0 Å². The molecule has 0 aliphatic heterocycles. The Hall–Kier alpha value is -0.960. The molecule has 3 nitrogen and oxygen atoms in total. The van der Waals surface area contributed by atoms with Crippen LogP contribution in [0.25, 0.3) is 0 Å². The average molecular weight is 144 g/mol. The Balaban J connectivity index is 3.17. The molecule has 4 heteroatoms. The van der Waals surface area contributed by atoms with Crippen LogP contribution in [0.15, 0.2) is 12.3 Å². The van der Waals surface area contributed by atoms with Crippen LogP contribution in [0, 0.1) is 0 Å². The summed E-state index contributed by atoms with van der Waals surface area (Å²) in [6, 6.07) is 1.52. The zero-order valence-electron chi connectivity index (χ0n) is 4.63. The number of rotatable bonds is 0. The quantitative estimate of drug-likeness (QED) is 0.567. The molecule has 0 saturated carbocycles. The lowest BCUT2D eigenvalue weighted by molar-refractivity contribution is 1.34. The van der Waals surface area contributed by atoms with E-state index in [0.29, 0.717) is 16.5 Å². The van der Waals surface area contributed by atoms with Crippen molar-refractivity contribution in [2.75, 3.05) is 11.5 Å². The van der Waals surface area contributed by atoms with Gasteiger partial charge in [-0.05, 0) is 0 Å². The van der Waals surface area contributed by atoms with Gasteiger partial charge in [-0.3, -0.25) is 0 Å². The zero-order chi connectivity index (χ0) is 6.85. The van der Waals surface area contributed by atoms with Crippen molar-refractivity contribution in [3.8, 4) is 0 Å². The minimum absolute atomic E-state index is 0.386. The normalized spacial score (nSPS) is 9.44. The molecular formula is C5H6ClN3. The number of anilines is 2. The fraction of sp³-hybridized carbons (Fsp3) is 0. The summed E-state index contributed by atoms with van der Waals surface area (Å²) in [5.41, 5.74) is 11.1. The second kappa shape index (κ2) is 2.11. The van der Waals surface area contributed by atoms with Gasteiger partial charge in [-0.1, -0.05) is 11.6 Å². The monoisotopic (exact) mass is 143 g/mol. The summed E-state index contributed by atoms with van der Waals surface area (Å²) < 4.78 is 0. The molecule has 4 N–H and O–H groups in total. The van der Waals surface area contributed by atoms with E-state index in [1.54, 1.807) is 0 Å². The summed E-state index contributed by atoms with van der Waals surface area (Å²) in [6.45, 7) is 0. The van der Waals surface area contributed by atoms with E-state index in [4.69, 9.17) is 23.1 Å². The lowest BCUT2D eigenvalue weighted by atomic mass is 10.4. The van der Waals surface area contributed by atoms with Gasteiger partial charge in [0.25, 0.3) is 0 Å². The predicted octanol–water partition coefficient (Wildman–Crippen LogP) is 0.899. The second-order valence-corrected chi connectivity index (χ2v) is 2.04. The Labute approximate surface area is 57.6 Å². The minimum atomic E-state index is 0.386. The molecular weight excluding hydrogens is 138 g/mol. The highest BCUT2D eigenvalue weighted by molar-refractivity contribution is 6.32. The summed E-state index contributed by atoms with van der Waals surface area (Å²) >= 11 is 5.54. The minimum Gasteiger partial charge on any atom is -0.397 e. The van der Waals surface area contributed by atoms with Crippen LogP contribution >= 0.6 is 11.6 Å². The molecule has 0 fully saturated rings. The molecule has 1 aromatic rings. The van der Waals surface area contributed by atoms with Crippen molar-refractivity contribution in [3.63, 3.8) is 0 Å². The van der Waals surface area contributed by atoms with E-state index >= 15 is 0 Å². The van der Waals surface area contributed by atoms with Crippen LogP contribution in [0.4, 0.5) is 11.5 Å². The van der Waals surface area contributed by atoms with Crippen LogP contribution in [-0.2, 0) is 0 Å². The largest absolute Gasteiger partial charge is 0.397 e. The first-order valence-corrected chi connectivity index (χ1v) is 2.74. The molecule has 0 aromatic carbocycles. The average Bonchev–Trinajstić information content (AvgIpc) is 1.80. The highest BCUT2D eigenvalue weighted by Gasteiger charge is 1.93. The van der Waals surface area contributed by atoms with Crippen LogP contribution in [0.3, 0.4) is 0 Å². The van der Waals surface area contributed by atoms with Crippen molar-refractivity contribution in [1.29, 1.82) is 0 Å². The zero-order valence-corrected chi connectivity index (χ0v) is 5.39. The van der Waals surface area contributed by atoms with E-state index in [-0.39, 0.29) is 0 Å². The molecule has 0 spiro atoms. The van der Waals surface area contributed by atoms with Crippen LogP contribution < -0.4 is 11.5 Å². The fourth-order valence-corrected chi connectivity index (χ4v) is 0.575. The first-order chi connectivity index (χ1) is 4.20. The summed E-state index contributed by atoms with van der Waals surface area (Å²) in [6.07, 6.45) is 1.42. The molecule has 0 aliphatic rings. The third-order valence-corrected chi connectivity index (χ3v) is 1.22. The van der Waals surface area contributed by atoms with Crippen molar-refractivity contribution in [3.05, 3.63) is 17.3 Å². The van der Waals surface area contributed by atoms with Gasteiger partial charge >= 0.3 is 0 Å². The third kappa shape index (κ3) is 1.23. The maximum absolute atomic E-state index is 5.54. The lowest BCUT2D eigenvalue weighted by Crippen LogP contribution is -1.92. The molecule has 0 bridgehead atoms. The predicted molar refractivity (Wildman–Crippen MR) is 38.1 cm³/mol. The number of hydrogen-bond acceptors (Lipinski definition) is 3. The molecule has 0 saturated heterocycles. The molecule has 0 atom stereocenters. The van der Waals surface area contributed by atoms with Crippen LogP contribution in [0.2, 0.25) is 5.02 Å². The van der Waals surface area contributed by atoms with Gasteiger partial charge in [0.05, 0.1) is 10.7 Å². The van der Waals surface area contributed by atoms with Gasteiger partial charge in [0.2, 0.25) is 0 Å². The van der Waals surface area contributed by atoms with Gasteiger partial charge in [-0.15, -0.1) is 0 Å². The van der Waals surface area contributed by atoms with Gasteiger partial charge in [-0.2, -0.15) is 0 Å². The molecule has 1 aromatic heterocycles.